The Kier molecular flexibility index (Phi) is 4.94. The van der Waals surface area contributed by atoms with Gasteiger partial charge in [0, 0.05) is 23.3 Å². The van der Waals surface area contributed by atoms with E-state index in [4.69, 9.17) is 5.11 Å². The van der Waals surface area contributed by atoms with Gasteiger partial charge in [0.25, 0.3) is 0 Å². The van der Waals surface area contributed by atoms with E-state index in [1.165, 1.54) is 17.8 Å². The van der Waals surface area contributed by atoms with Crippen LogP contribution in [0.2, 0.25) is 0 Å². The molecule has 0 atom stereocenters. The van der Waals surface area contributed by atoms with E-state index in [-0.39, 0.29) is 11.6 Å². The molecule has 2 aromatic rings. The Morgan fingerprint density at radius 3 is 2.62 bits per heavy atom. The first kappa shape index (κ1) is 15.0. The fraction of sp³-hybridized carbons (Fsp3) is 0.231. The van der Waals surface area contributed by atoms with E-state index in [1.54, 1.807) is 11.8 Å². The minimum atomic E-state index is -1.08. The molecule has 2 rings (SSSR count). The third kappa shape index (κ3) is 4.60. The van der Waals surface area contributed by atoms with Crippen molar-refractivity contribution in [2.24, 2.45) is 0 Å². The number of aromatic nitrogens is 3. The van der Waals surface area contributed by atoms with Crippen molar-refractivity contribution in [1.29, 1.82) is 0 Å². The number of carboxylic acids is 1. The summed E-state index contributed by atoms with van der Waals surface area (Å²) in [6, 6.07) is 7.50. The van der Waals surface area contributed by atoms with E-state index in [1.807, 2.05) is 24.3 Å². The zero-order chi connectivity index (χ0) is 15.2. The van der Waals surface area contributed by atoms with E-state index in [0.29, 0.717) is 6.54 Å². The monoisotopic (exact) mass is 306 g/mol. The normalized spacial score (nSPS) is 10.3. The number of hydrogen-bond donors (Lipinski definition) is 2. The number of aromatic carboxylic acids is 1. The molecule has 1 aromatic heterocycles. The average molecular weight is 306 g/mol. The van der Waals surface area contributed by atoms with Gasteiger partial charge in [0.2, 0.25) is 5.91 Å². The number of nitrogens with one attached hydrogen (secondary N) is 1. The molecule has 1 heterocycles. The SMILES string of the molecule is CC(=O)Nc1ccc(SCCn2cc(C(=O)O)nn2)cc1. The van der Waals surface area contributed by atoms with E-state index in [9.17, 15) is 9.59 Å². The number of amides is 1. The summed E-state index contributed by atoms with van der Waals surface area (Å²) < 4.78 is 1.50. The highest BCUT2D eigenvalue weighted by Crippen LogP contribution is 2.20. The molecule has 2 N–H and O–H groups in total. The molecule has 0 aliphatic rings. The van der Waals surface area contributed by atoms with Crippen LogP contribution in [0.5, 0.6) is 0 Å². The van der Waals surface area contributed by atoms with Gasteiger partial charge in [0.1, 0.15) is 0 Å². The van der Waals surface area contributed by atoms with E-state index in [2.05, 4.69) is 15.6 Å². The van der Waals surface area contributed by atoms with Gasteiger partial charge in [-0.05, 0) is 24.3 Å². The lowest BCUT2D eigenvalue weighted by molar-refractivity contribution is -0.114. The van der Waals surface area contributed by atoms with Gasteiger partial charge in [-0.25, -0.2) is 4.79 Å². The van der Waals surface area contributed by atoms with Gasteiger partial charge in [-0.2, -0.15) is 0 Å². The lowest BCUT2D eigenvalue weighted by Crippen LogP contribution is -2.05. The Balaban J connectivity index is 1.82. The number of thioether (sulfide) groups is 1. The molecule has 21 heavy (non-hydrogen) atoms. The highest BCUT2D eigenvalue weighted by atomic mass is 32.2. The fourth-order valence-corrected chi connectivity index (χ4v) is 2.44. The number of carbonyl (C=O) groups excluding carboxylic acids is 1. The minimum absolute atomic E-state index is 0.0559. The number of carbonyl (C=O) groups is 2. The van der Waals surface area contributed by atoms with Crippen molar-refractivity contribution in [2.45, 2.75) is 18.4 Å². The van der Waals surface area contributed by atoms with Crippen molar-refractivity contribution in [1.82, 2.24) is 15.0 Å². The van der Waals surface area contributed by atoms with Crippen LogP contribution in [0.15, 0.2) is 35.4 Å². The van der Waals surface area contributed by atoms with E-state index in [0.717, 1.165) is 16.3 Å². The maximum absolute atomic E-state index is 10.9. The Labute approximate surface area is 125 Å². The lowest BCUT2D eigenvalue weighted by atomic mass is 10.3. The predicted molar refractivity (Wildman–Crippen MR) is 78.5 cm³/mol. The van der Waals surface area contributed by atoms with Gasteiger partial charge < -0.3 is 10.4 Å². The molecule has 0 bridgehead atoms. The van der Waals surface area contributed by atoms with Crippen LogP contribution < -0.4 is 5.32 Å². The van der Waals surface area contributed by atoms with Crippen LogP contribution in [-0.4, -0.2) is 37.7 Å². The Morgan fingerprint density at radius 2 is 2.05 bits per heavy atom. The molecule has 7 nitrogen and oxygen atoms in total. The molecule has 0 spiro atoms. The number of hydrogen-bond acceptors (Lipinski definition) is 5. The highest BCUT2D eigenvalue weighted by molar-refractivity contribution is 7.99. The molecule has 0 saturated carbocycles. The quantitative estimate of drug-likeness (QED) is 0.789. The second kappa shape index (κ2) is 6.89. The second-order valence-corrected chi connectivity index (χ2v) is 5.39. The van der Waals surface area contributed by atoms with E-state index < -0.39 is 5.97 Å². The summed E-state index contributed by atoms with van der Waals surface area (Å²) >= 11 is 1.61. The number of aryl methyl sites for hydroxylation is 1. The first-order chi connectivity index (χ1) is 10.0. The molecule has 0 radical (unpaired) electrons. The summed E-state index contributed by atoms with van der Waals surface area (Å²) in [5.74, 6) is -0.444. The van der Waals surface area contributed by atoms with Gasteiger partial charge in [-0.15, -0.1) is 16.9 Å². The summed E-state index contributed by atoms with van der Waals surface area (Å²) in [5, 5.41) is 18.7. The molecule has 0 aliphatic carbocycles. The van der Waals surface area contributed by atoms with Crippen molar-refractivity contribution >= 4 is 29.3 Å². The number of carboxylic acid groups (broad SMARTS) is 1. The van der Waals surface area contributed by atoms with Crippen LogP contribution in [0.4, 0.5) is 5.69 Å². The number of rotatable bonds is 6. The maximum atomic E-state index is 10.9. The molecule has 110 valence electrons. The molecule has 0 unspecified atom stereocenters. The molecular weight excluding hydrogens is 292 g/mol. The summed E-state index contributed by atoms with van der Waals surface area (Å²) in [4.78, 5) is 22.6. The molecule has 8 heteroatoms. The van der Waals surface area contributed by atoms with Crippen LogP contribution in [0, 0.1) is 0 Å². The summed E-state index contributed by atoms with van der Waals surface area (Å²) in [5.41, 5.74) is 0.703. The largest absolute Gasteiger partial charge is 0.476 e. The summed E-state index contributed by atoms with van der Waals surface area (Å²) in [6.45, 7) is 2.03. The van der Waals surface area contributed by atoms with E-state index >= 15 is 0 Å². The predicted octanol–water partition coefficient (Wildman–Crippen LogP) is 1.73. The lowest BCUT2D eigenvalue weighted by Gasteiger charge is -2.04. The summed E-state index contributed by atoms with van der Waals surface area (Å²) in [6.07, 6.45) is 1.41. The van der Waals surface area contributed by atoms with Crippen molar-refractivity contribution in [2.75, 3.05) is 11.1 Å². The molecule has 0 fully saturated rings. The van der Waals surface area contributed by atoms with Gasteiger partial charge in [-0.1, -0.05) is 5.21 Å². The minimum Gasteiger partial charge on any atom is -0.476 e. The highest BCUT2D eigenvalue weighted by Gasteiger charge is 2.07. The average Bonchev–Trinajstić information content (AvgIpc) is 2.89. The number of nitrogens with zero attached hydrogens (tertiary/aromatic N) is 3. The summed E-state index contributed by atoms with van der Waals surface area (Å²) in [7, 11) is 0. The Hall–Kier alpha value is -2.35. The Morgan fingerprint density at radius 1 is 1.33 bits per heavy atom. The molecule has 0 saturated heterocycles. The zero-order valence-corrected chi connectivity index (χ0v) is 12.1. The van der Waals surface area contributed by atoms with Crippen molar-refractivity contribution < 1.29 is 14.7 Å². The van der Waals surface area contributed by atoms with Crippen molar-refractivity contribution in [3.8, 4) is 0 Å². The topological polar surface area (TPSA) is 97.1 Å². The van der Waals surface area contributed by atoms with Crippen LogP contribution in [0.3, 0.4) is 0 Å². The van der Waals surface area contributed by atoms with Gasteiger partial charge in [0.05, 0.1) is 12.7 Å². The molecule has 0 aliphatic heterocycles. The fourth-order valence-electron chi connectivity index (χ4n) is 1.60. The van der Waals surface area contributed by atoms with Crippen LogP contribution in [-0.2, 0) is 11.3 Å². The van der Waals surface area contributed by atoms with Gasteiger partial charge in [0.15, 0.2) is 5.69 Å². The van der Waals surface area contributed by atoms with Crippen molar-refractivity contribution in [3.63, 3.8) is 0 Å². The zero-order valence-electron chi connectivity index (χ0n) is 11.3. The molecular formula is C13H14N4O3S. The third-order valence-corrected chi connectivity index (χ3v) is 3.51. The number of benzene rings is 1. The second-order valence-electron chi connectivity index (χ2n) is 4.23. The maximum Gasteiger partial charge on any atom is 0.358 e. The van der Waals surface area contributed by atoms with Crippen molar-refractivity contribution in [3.05, 3.63) is 36.2 Å². The van der Waals surface area contributed by atoms with Gasteiger partial charge in [-0.3, -0.25) is 9.48 Å². The number of anilines is 1. The first-order valence-corrected chi connectivity index (χ1v) is 7.17. The third-order valence-electron chi connectivity index (χ3n) is 2.52. The first-order valence-electron chi connectivity index (χ1n) is 6.18. The molecule has 1 aromatic carbocycles. The Bertz CT molecular complexity index is 639. The van der Waals surface area contributed by atoms with Crippen LogP contribution in [0.1, 0.15) is 17.4 Å². The van der Waals surface area contributed by atoms with Gasteiger partial charge >= 0.3 is 5.97 Å². The molecule has 1 amide bonds. The smallest absolute Gasteiger partial charge is 0.358 e. The van der Waals surface area contributed by atoms with Crippen LogP contribution >= 0.6 is 11.8 Å². The van der Waals surface area contributed by atoms with Crippen LogP contribution in [0.25, 0.3) is 0 Å². The standard InChI is InChI=1S/C13H14N4O3S/c1-9(18)14-10-2-4-11(5-3-10)21-7-6-17-8-12(13(19)20)15-16-17/h2-5,8H,6-7H2,1H3,(H,14,18)(H,19,20).